The smallest absolute Gasteiger partial charge is 0.0781 e. The van der Waals surface area contributed by atoms with E-state index in [-0.39, 0.29) is 10.8 Å². The summed E-state index contributed by atoms with van der Waals surface area (Å²) < 4.78 is 0. The van der Waals surface area contributed by atoms with Crippen LogP contribution in [0.3, 0.4) is 0 Å². The lowest BCUT2D eigenvalue weighted by molar-refractivity contribution is 0.570. The van der Waals surface area contributed by atoms with Crippen molar-refractivity contribution in [2.45, 2.75) is 41.5 Å². The molecule has 1 aromatic heterocycles. The molecule has 0 aliphatic heterocycles. The van der Waals surface area contributed by atoms with Crippen molar-refractivity contribution in [2.24, 2.45) is 10.8 Å². The lowest BCUT2D eigenvalue weighted by Crippen LogP contribution is -1.99. The Morgan fingerprint density at radius 2 is 1.12 bits per heavy atom. The van der Waals surface area contributed by atoms with Crippen LogP contribution in [0, 0.1) is 34.5 Å². The minimum Gasteiger partial charge on any atom is -0.118 e. The van der Waals surface area contributed by atoms with Crippen molar-refractivity contribution in [3.8, 4) is 23.7 Å². The first-order valence-corrected chi connectivity index (χ1v) is 6.64. The Morgan fingerprint density at radius 1 is 0.765 bits per heavy atom. The van der Waals surface area contributed by atoms with Crippen molar-refractivity contribution in [3.05, 3.63) is 21.9 Å². The normalized spacial score (nSPS) is 11.2. The summed E-state index contributed by atoms with van der Waals surface area (Å²) in [5, 5.41) is 0. The minimum absolute atomic E-state index is 0.0568. The summed E-state index contributed by atoms with van der Waals surface area (Å²) in [7, 11) is 0. The maximum absolute atomic E-state index is 3.24. The van der Waals surface area contributed by atoms with E-state index in [4.69, 9.17) is 0 Å². The molecule has 1 rings (SSSR count). The predicted molar refractivity (Wildman–Crippen MR) is 77.0 cm³/mol. The Kier molecular flexibility index (Phi) is 4.07. The number of hydrogen-bond donors (Lipinski definition) is 0. The van der Waals surface area contributed by atoms with Crippen LogP contribution < -0.4 is 0 Å². The molecule has 0 N–H and O–H groups in total. The van der Waals surface area contributed by atoms with Crippen LogP contribution in [0.2, 0.25) is 0 Å². The van der Waals surface area contributed by atoms with Crippen LogP contribution in [-0.4, -0.2) is 0 Å². The SMILES string of the molecule is CC(C)(C)C#Cc1ccc(C#CC(C)(C)C)s1. The molecule has 0 aliphatic rings. The largest absolute Gasteiger partial charge is 0.118 e. The highest BCUT2D eigenvalue weighted by atomic mass is 32.1. The first-order valence-electron chi connectivity index (χ1n) is 5.82. The average molecular weight is 244 g/mol. The maximum atomic E-state index is 3.24. The Balaban J connectivity index is 2.85. The molecule has 0 amide bonds. The number of hydrogen-bond acceptors (Lipinski definition) is 1. The molecule has 0 aliphatic carbocycles. The second-order valence-electron chi connectivity index (χ2n) is 6.16. The van der Waals surface area contributed by atoms with Gasteiger partial charge in [0.05, 0.1) is 9.75 Å². The second kappa shape index (κ2) is 4.99. The van der Waals surface area contributed by atoms with E-state index in [1.54, 1.807) is 11.3 Å². The van der Waals surface area contributed by atoms with Gasteiger partial charge in [0.25, 0.3) is 0 Å². The maximum Gasteiger partial charge on any atom is 0.0781 e. The fraction of sp³-hybridized carbons (Fsp3) is 0.500. The van der Waals surface area contributed by atoms with Crippen LogP contribution in [0.5, 0.6) is 0 Å². The molecule has 0 fully saturated rings. The van der Waals surface area contributed by atoms with E-state index in [0.29, 0.717) is 0 Å². The lowest BCUT2D eigenvalue weighted by atomic mass is 9.98. The van der Waals surface area contributed by atoms with Crippen molar-refractivity contribution in [2.75, 3.05) is 0 Å². The molecule has 0 saturated heterocycles. The van der Waals surface area contributed by atoms with E-state index in [9.17, 15) is 0 Å². The molecule has 1 heteroatoms. The van der Waals surface area contributed by atoms with E-state index in [1.165, 1.54) is 0 Å². The number of thiophene rings is 1. The van der Waals surface area contributed by atoms with E-state index >= 15 is 0 Å². The van der Waals surface area contributed by atoms with Crippen LogP contribution in [0.1, 0.15) is 51.3 Å². The van der Waals surface area contributed by atoms with Crippen LogP contribution in [-0.2, 0) is 0 Å². The Morgan fingerprint density at radius 3 is 1.41 bits per heavy atom. The van der Waals surface area contributed by atoms with Gasteiger partial charge in [-0.3, -0.25) is 0 Å². The van der Waals surface area contributed by atoms with E-state index in [1.807, 2.05) is 0 Å². The Bertz CT molecular complexity index is 449. The van der Waals surface area contributed by atoms with Gasteiger partial charge in [0, 0.05) is 10.8 Å². The van der Waals surface area contributed by atoms with Gasteiger partial charge in [-0.05, 0) is 53.7 Å². The van der Waals surface area contributed by atoms with Crippen molar-refractivity contribution in [1.82, 2.24) is 0 Å². The summed E-state index contributed by atoms with van der Waals surface area (Å²) in [5.74, 6) is 12.9. The van der Waals surface area contributed by atoms with E-state index in [0.717, 1.165) is 9.75 Å². The zero-order valence-electron chi connectivity index (χ0n) is 11.6. The van der Waals surface area contributed by atoms with Gasteiger partial charge >= 0.3 is 0 Å². The summed E-state index contributed by atoms with van der Waals surface area (Å²) in [4.78, 5) is 2.19. The molecule has 0 spiro atoms. The monoisotopic (exact) mass is 244 g/mol. The quantitative estimate of drug-likeness (QED) is 0.588. The molecule has 0 saturated carbocycles. The van der Waals surface area contributed by atoms with Crippen molar-refractivity contribution < 1.29 is 0 Å². The molecule has 1 heterocycles. The van der Waals surface area contributed by atoms with Crippen molar-refractivity contribution >= 4 is 11.3 Å². The topological polar surface area (TPSA) is 0 Å². The fourth-order valence-corrected chi connectivity index (χ4v) is 1.68. The molecular weight excluding hydrogens is 224 g/mol. The van der Waals surface area contributed by atoms with Gasteiger partial charge in [-0.1, -0.05) is 23.7 Å². The van der Waals surface area contributed by atoms with Gasteiger partial charge in [-0.25, -0.2) is 0 Å². The summed E-state index contributed by atoms with van der Waals surface area (Å²) >= 11 is 1.67. The zero-order valence-corrected chi connectivity index (χ0v) is 12.4. The molecule has 0 radical (unpaired) electrons. The fourth-order valence-electron chi connectivity index (χ4n) is 0.970. The third-order valence-corrected chi connectivity index (χ3v) is 2.64. The molecule has 1 aromatic rings. The highest BCUT2D eigenvalue weighted by Crippen LogP contribution is 2.17. The third kappa shape index (κ3) is 6.20. The Labute approximate surface area is 109 Å². The predicted octanol–water partition coefficient (Wildman–Crippen LogP) is 4.54. The third-order valence-electron chi connectivity index (χ3n) is 1.73. The van der Waals surface area contributed by atoms with Gasteiger partial charge in [-0.15, -0.1) is 11.3 Å². The number of rotatable bonds is 0. The summed E-state index contributed by atoms with van der Waals surface area (Å²) in [5.41, 5.74) is 0.114. The molecule has 90 valence electrons. The van der Waals surface area contributed by atoms with Crippen molar-refractivity contribution in [1.29, 1.82) is 0 Å². The molecule has 0 nitrogen and oxygen atoms in total. The summed E-state index contributed by atoms with van der Waals surface area (Å²) in [6.07, 6.45) is 0. The van der Waals surface area contributed by atoms with Crippen LogP contribution in [0.25, 0.3) is 0 Å². The van der Waals surface area contributed by atoms with Gasteiger partial charge in [-0.2, -0.15) is 0 Å². The molecule has 0 bridgehead atoms. The molecule has 0 unspecified atom stereocenters. The van der Waals surface area contributed by atoms with Crippen LogP contribution >= 0.6 is 11.3 Å². The molecule has 0 aromatic carbocycles. The first kappa shape index (κ1) is 13.9. The van der Waals surface area contributed by atoms with Crippen molar-refractivity contribution in [3.63, 3.8) is 0 Å². The second-order valence-corrected chi connectivity index (χ2v) is 7.25. The lowest BCUT2D eigenvalue weighted by Gasteiger charge is -2.06. The summed E-state index contributed by atoms with van der Waals surface area (Å²) in [6, 6.07) is 4.10. The van der Waals surface area contributed by atoms with Gasteiger partial charge in [0.15, 0.2) is 0 Å². The molecule has 17 heavy (non-hydrogen) atoms. The highest BCUT2D eigenvalue weighted by molar-refractivity contribution is 7.13. The van der Waals surface area contributed by atoms with Gasteiger partial charge in [0.1, 0.15) is 0 Å². The first-order chi connectivity index (χ1) is 7.66. The van der Waals surface area contributed by atoms with Crippen LogP contribution in [0.15, 0.2) is 12.1 Å². The zero-order chi connectivity index (χ0) is 13.1. The van der Waals surface area contributed by atoms with E-state index in [2.05, 4.69) is 77.4 Å². The van der Waals surface area contributed by atoms with E-state index < -0.39 is 0 Å². The van der Waals surface area contributed by atoms with Crippen LogP contribution in [0.4, 0.5) is 0 Å². The average Bonchev–Trinajstić information content (AvgIpc) is 2.57. The van der Waals surface area contributed by atoms with Gasteiger partial charge < -0.3 is 0 Å². The summed E-state index contributed by atoms with van der Waals surface area (Å²) in [6.45, 7) is 12.7. The molecular formula is C16H20S. The standard InChI is InChI=1S/C16H20S/c1-15(2,3)11-9-13-7-8-14(17-13)10-12-16(4,5)6/h7-8H,1-6H3. The Hall–Kier alpha value is -1.18. The molecule has 0 atom stereocenters. The highest BCUT2D eigenvalue weighted by Gasteiger charge is 2.05. The van der Waals surface area contributed by atoms with Gasteiger partial charge in [0.2, 0.25) is 0 Å². The minimum atomic E-state index is 0.0568.